The fourth-order valence-electron chi connectivity index (χ4n) is 3.47. The Balaban J connectivity index is 1.48. The predicted molar refractivity (Wildman–Crippen MR) is 113 cm³/mol. The molecule has 1 aromatic carbocycles. The lowest BCUT2D eigenvalue weighted by atomic mass is 9.88. The average molecular weight is 415 g/mol. The molecule has 1 saturated carbocycles. The Morgan fingerprint density at radius 3 is 2.89 bits per heavy atom. The van der Waals surface area contributed by atoms with E-state index in [9.17, 15) is 9.59 Å². The molecule has 0 saturated heterocycles. The number of anilines is 1. The van der Waals surface area contributed by atoms with Crippen molar-refractivity contribution in [1.29, 1.82) is 0 Å². The number of para-hydroxylation sites is 1. The van der Waals surface area contributed by atoms with Gasteiger partial charge in [0.05, 0.1) is 11.4 Å². The summed E-state index contributed by atoms with van der Waals surface area (Å²) in [4.78, 5) is 31.0. The second-order valence-corrected chi connectivity index (χ2v) is 9.19. The summed E-state index contributed by atoms with van der Waals surface area (Å²) in [5.74, 6) is 0.787. The van der Waals surface area contributed by atoms with Crippen molar-refractivity contribution in [3.8, 4) is 0 Å². The third kappa shape index (κ3) is 4.28. The average Bonchev–Trinajstić information content (AvgIpc) is 3.09. The molecule has 1 amide bonds. The second kappa shape index (κ2) is 8.45. The summed E-state index contributed by atoms with van der Waals surface area (Å²) in [6.07, 6.45) is 5.45. The fraction of sp³-hybridized carbons (Fsp3) is 0.400. The number of aryl methyl sites for hydroxylation is 1. The van der Waals surface area contributed by atoms with Crippen molar-refractivity contribution in [2.75, 3.05) is 5.32 Å². The molecule has 1 fully saturated rings. The molecule has 3 aromatic rings. The molecule has 8 heteroatoms. The summed E-state index contributed by atoms with van der Waals surface area (Å²) in [6, 6.07) is 9.33. The maximum absolute atomic E-state index is 12.6. The summed E-state index contributed by atoms with van der Waals surface area (Å²) in [7, 11) is 0. The lowest BCUT2D eigenvalue weighted by molar-refractivity contribution is -0.120. The fourth-order valence-corrected chi connectivity index (χ4v) is 5.14. The van der Waals surface area contributed by atoms with E-state index in [-0.39, 0.29) is 17.4 Å². The molecule has 146 valence electrons. The maximum Gasteiger partial charge on any atom is 0.275 e. The number of fused-ring (bicyclic) bond motifs is 1. The SMILES string of the molecule is Cc1nn2c(=O)cc(CSc3ccccc3NC(=O)C3CCCCC3)nc2s1. The lowest BCUT2D eigenvalue weighted by Gasteiger charge is -2.21. The molecule has 6 nitrogen and oxygen atoms in total. The normalized spacial score (nSPS) is 15.0. The number of aromatic nitrogens is 3. The third-order valence-electron chi connectivity index (χ3n) is 4.90. The van der Waals surface area contributed by atoms with Gasteiger partial charge in [-0.3, -0.25) is 9.59 Å². The van der Waals surface area contributed by atoms with Crippen molar-refractivity contribution in [2.45, 2.75) is 49.7 Å². The maximum atomic E-state index is 12.6. The van der Waals surface area contributed by atoms with Gasteiger partial charge in [0, 0.05) is 22.6 Å². The first kappa shape index (κ1) is 19.1. The minimum Gasteiger partial charge on any atom is -0.325 e. The molecule has 0 bridgehead atoms. The molecule has 0 spiro atoms. The topological polar surface area (TPSA) is 76.4 Å². The van der Waals surface area contributed by atoms with E-state index in [1.165, 1.54) is 28.3 Å². The van der Waals surface area contributed by atoms with Gasteiger partial charge in [-0.15, -0.1) is 11.8 Å². The van der Waals surface area contributed by atoms with Gasteiger partial charge in [-0.2, -0.15) is 9.61 Å². The minimum atomic E-state index is -0.163. The number of carbonyl (C=O) groups excluding carboxylic acids is 1. The first-order valence-corrected chi connectivity index (χ1v) is 11.3. The number of nitrogens with one attached hydrogen (secondary N) is 1. The number of nitrogens with zero attached hydrogens (tertiary/aromatic N) is 3. The summed E-state index contributed by atoms with van der Waals surface area (Å²) in [5, 5.41) is 8.09. The minimum absolute atomic E-state index is 0.116. The predicted octanol–water partition coefficient (Wildman–Crippen LogP) is 4.27. The Morgan fingerprint density at radius 2 is 2.07 bits per heavy atom. The van der Waals surface area contributed by atoms with Crippen LogP contribution in [0.3, 0.4) is 0 Å². The molecule has 2 aromatic heterocycles. The number of amides is 1. The zero-order chi connectivity index (χ0) is 19.5. The number of rotatable bonds is 5. The number of thioether (sulfide) groups is 1. The largest absolute Gasteiger partial charge is 0.325 e. The first-order chi connectivity index (χ1) is 13.6. The molecular formula is C20H22N4O2S2. The summed E-state index contributed by atoms with van der Waals surface area (Å²) in [5.41, 5.74) is 1.38. The van der Waals surface area contributed by atoms with Gasteiger partial charge in [0.2, 0.25) is 10.9 Å². The van der Waals surface area contributed by atoms with Gasteiger partial charge in [0.15, 0.2) is 0 Å². The molecule has 28 heavy (non-hydrogen) atoms. The van der Waals surface area contributed by atoms with E-state index < -0.39 is 0 Å². The van der Waals surface area contributed by atoms with Gasteiger partial charge in [-0.25, -0.2) is 4.98 Å². The summed E-state index contributed by atoms with van der Waals surface area (Å²) < 4.78 is 1.34. The van der Waals surface area contributed by atoms with Crippen molar-refractivity contribution >= 4 is 39.7 Å². The monoisotopic (exact) mass is 414 g/mol. The van der Waals surface area contributed by atoms with Crippen LogP contribution in [0.5, 0.6) is 0 Å². The van der Waals surface area contributed by atoms with Crippen LogP contribution in [0, 0.1) is 12.8 Å². The van der Waals surface area contributed by atoms with Crippen LogP contribution < -0.4 is 10.9 Å². The van der Waals surface area contributed by atoms with Crippen LogP contribution in [0.15, 0.2) is 40.0 Å². The molecule has 0 radical (unpaired) electrons. The highest BCUT2D eigenvalue weighted by molar-refractivity contribution is 7.98. The van der Waals surface area contributed by atoms with Crippen LogP contribution in [0.25, 0.3) is 4.96 Å². The van der Waals surface area contributed by atoms with Gasteiger partial charge >= 0.3 is 0 Å². The van der Waals surface area contributed by atoms with Crippen LogP contribution in [-0.4, -0.2) is 20.5 Å². The van der Waals surface area contributed by atoms with Crippen LogP contribution >= 0.6 is 23.1 Å². The van der Waals surface area contributed by atoms with E-state index in [4.69, 9.17) is 0 Å². The molecule has 1 N–H and O–H groups in total. The molecule has 1 aliphatic rings. The van der Waals surface area contributed by atoms with E-state index in [1.54, 1.807) is 11.8 Å². The molecule has 0 unspecified atom stereocenters. The van der Waals surface area contributed by atoms with Crippen LogP contribution in [0.4, 0.5) is 5.69 Å². The quantitative estimate of drug-likeness (QED) is 0.631. The highest BCUT2D eigenvalue weighted by atomic mass is 32.2. The van der Waals surface area contributed by atoms with Crippen molar-refractivity contribution in [3.63, 3.8) is 0 Å². The Hall–Kier alpha value is -2.19. The smallest absolute Gasteiger partial charge is 0.275 e. The van der Waals surface area contributed by atoms with Gasteiger partial charge in [0.25, 0.3) is 5.56 Å². The Morgan fingerprint density at radius 1 is 1.29 bits per heavy atom. The molecule has 4 rings (SSSR count). The zero-order valence-electron chi connectivity index (χ0n) is 15.7. The van der Waals surface area contributed by atoms with Gasteiger partial charge < -0.3 is 5.32 Å². The Kier molecular flexibility index (Phi) is 5.77. The zero-order valence-corrected chi connectivity index (χ0v) is 17.3. The van der Waals surface area contributed by atoms with E-state index in [1.807, 2.05) is 31.2 Å². The molecular weight excluding hydrogens is 392 g/mol. The summed E-state index contributed by atoms with van der Waals surface area (Å²) in [6.45, 7) is 1.86. The molecule has 2 heterocycles. The summed E-state index contributed by atoms with van der Waals surface area (Å²) >= 11 is 2.98. The highest BCUT2D eigenvalue weighted by Gasteiger charge is 2.21. The number of hydrogen-bond donors (Lipinski definition) is 1. The molecule has 1 aliphatic carbocycles. The van der Waals surface area contributed by atoms with Gasteiger partial charge in [0.1, 0.15) is 5.01 Å². The van der Waals surface area contributed by atoms with E-state index in [0.29, 0.717) is 16.4 Å². The van der Waals surface area contributed by atoms with E-state index >= 15 is 0 Å². The van der Waals surface area contributed by atoms with Crippen molar-refractivity contribution in [2.24, 2.45) is 5.92 Å². The van der Waals surface area contributed by atoms with Gasteiger partial charge in [-0.1, -0.05) is 42.7 Å². The third-order valence-corrected chi connectivity index (χ3v) is 6.83. The van der Waals surface area contributed by atoms with Crippen molar-refractivity contribution < 1.29 is 4.79 Å². The standard InChI is InChI=1S/C20H22N4O2S2/c1-13-23-24-18(25)11-15(21-20(24)28-13)12-27-17-10-6-5-9-16(17)22-19(26)14-7-3-2-4-8-14/h5-6,9-11,14H,2-4,7-8,12H2,1H3,(H,22,26). The Bertz CT molecular complexity index is 1050. The van der Waals surface area contributed by atoms with Crippen LogP contribution in [0.2, 0.25) is 0 Å². The number of benzene rings is 1. The second-order valence-electron chi connectivity index (χ2n) is 7.01. The number of hydrogen-bond acceptors (Lipinski definition) is 6. The van der Waals surface area contributed by atoms with Gasteiger partial charge in [-0.05, 0) is 31.9 Å². The number of carbonyl (C=O) groups is 1. The van der Waals surface area contributed by atoms with Crippen molar-refractivity contribution in [3.05, 3.63) is 51.4 Å². The van der Waals surface area contributed by atoms with Crippen LogP contribution in [0.1, 0.15) is 42.8 Å². The molecule has 0 atom stereocenters. The Labute approximate surface area is 171 Å². The van der Waals surface area contributed by atoms with E-state index in [0.717, 1.165) is 41.3 Å². The van der Waals surface area contributed by atoms with Crippen LogP contribution in [-0.2, 0) is 10.5 Å². The lowest BCUT2D eigenvalue weighted by Crippen LogP contribution is -2.24. The highest BCUT2D eigenvalue weighted by Crippen LogP contribution is 2.31. The first-order valence-electron chi connectivity index (χ1n) is 9.49. The van der Waals surface area contributed by atoms with E-state index in [2.05, 4.69) is 15.4 Å². The van der Waals surface area contributed by atoms with Crippen molar-refractivity contribution in [1.82, 2.24) is 14.6 Å². The molecule has 0 aliphatic heterocycles.